The monoisotopic (exact) mass is 246 g/mol. The number of rotatable bonds is 4. The van der Waals surface area contributed by atoms with Crippen LogP contribution in [0.1, 0.15) is 0 Å². The fourth-order valence-corrected chi connectivity index (χ4v) is 2.15. The predicted molar refractivity (Wildman–Crippen MR) is 71.8 cm³/mol. The van der Waals surface area contributed by atoms with Crippen LogP contribution in [-0.2, 0) is 7.05 Å². The summed E-state index contributed by atoms with van der Waals surface area (Å²) < 4.78 is 1.96. The average molecular weight is 246 g/mol. The van der Waals surface area contributed by atoms with Crippen LogP contribution in [0.5, 0.6) is 0 Å². The maximum atomic E-state index is 5.76. The molecule has 0 saturated heterocycles. The Kier molecular flexibility index (Phi) is 3.49. The van der Waals surface area contributed by atoms with Crippen molar-refractivity contribution in [3.8, 4) is 11.4 Å². The van der Waals surface area contributed by atoms with Gasteiger partial charge in [0.2, 0.25) is 0 Å². The Bertz CT molecular complexity index is 533. The molecule has 0 spiro atoms. The Morgan fingerprint density at radius 1 is 1.47 bits per heavy atom. The normalized spacial score (nSPS) is 10.4. The zero-order valence-electron chi connectivity index (χ0n) is 9.63. The summed E-state index contributed by atoms with van der Waals surface area (Å²) in [7, 11) is 1.95. The van der Waals surface area contributed by atoms with Crippen LogP contribution in [0.4, 0.5) is 5.69 Å². The van der Waals surface area contributed by atoms with Crippen molar-refractivity contribution in [3.05, 3.63) is 36.9 Å². The molecule has 17 heavy (non-hydrogen) atoms. The third-order valence-electron chi connectivity index (χ3n) is 2.31. The molecule has 0 aliphatic rings. The van der Waals surface area contributed by atoms with Crippen LogP contribution in [0.3, 0.4) is 0 Å². The maximum absolute atomic E-state index is 5.76. The van der Waals surface area contributed by atoms with E-state index in [1.165, 1.54) is 0 Å². The van der Waals surface area contributed by atoms with Crippen molar-refractivity contribution in [2.75, 3.05) is 11.5 Å². The Hall–Kier alpha value is -1.75. The van der Waals surface area contributed by atoms with E-state index in [-0.39, 0.29) is 0 Å². The van der Waals surface area contributed by atoms with Crippen molar-refractivity contribution in [2.24, 2.45) is 7.05 Å². The van der Waals surface area contributed by atoms with E-state index in [1.807, 2.05) is 42.0 Å². The summed E-state index contributed by atoms with van der Waals surface area (Å²) in [5, 5.41) is 9.21. The van der Waals surface area contributed by atoms with Gasteiger partial charge in [-0.2, -0.15) is 0 Å². The molecule has 5 heteroatoms. The van der Waals surface area contributed by atoms with Crippen LogP contribution in [0.25, 0.3) is 11.4 Å². The maximum Gasteiger partial charge on any atom is 0.191 e. The SMILES string of the molecule is C=CCSc1nnc(-c2cccc(N)c2)n1C. The van der Waals surface area contributed by atoms with Gasteiger partial charge in [-0.05, 0) is 12.1 Å². The van der Waals surface area contributed by atoms with E-state index in [0.717, 1.165) is 28.0 Å². The van der Waals surface area contributed by atoms with E-state index >= 15 is 0 Å². The first kappa shape index (κ1) is 11.7. The summed E-state index contributed by atoms with van der Waals surface area (Å²) >= 11 is 1.61. The van der Waals surface area contributed by atoms with Crippen molar-refractivity contribution < 1.29 is 0 Å². The number of nitrogen functional groups attached to an aromatic ring is 1. The third kappa shape index (κ3) is 2.50. The largest absolute Gasteiger partial charge is 0.399 e. The first-order valence-electron chi connectivity index (χ1n) is 5.21. The Balaban J connectivity index is 2.33. The van der Waals surface area contributed by atoms with E-state index in [9.17, 15) is 0 Å². The highest BCUT2D eigenvalue weighted by molar-refractivity contribution is 7.99. The summed E-state index contributed by atoms with van der Waals surface area (Å²) in [6.07, 6.45) is 1.85. The second kappa shape index (κ2) is 5.05. The van der Waals surface area contributed by atoms with Gasteiger partial charge in [0.25, 0.3) is 0 Å². The molecule has 1 aromatic heterocycles. The van der Waals surface area contributed by atoms with Crippen LogP contribution in [0.2, 0.25) is 0 Å². The number of hydrogen-bond donors (Lipinski definition) is 1. The number of nitrogens with zero attached hydrogens (tertiary/aromatic N) is 3. The van der Waals surface area contributed by atoms with Gasteiger partial charge in [-0.3, -0.25) is 0 Å². The van der Waals surface area contributed by atoms with Gasteiger partial charge < -0.3 is 10.3 Å². The summed E-state index contributed by atoms with van der Waals surface area (Å²) in [4.78, 5) is 0. The van der Waals surface area contributed by atoms with Crippen LogP contribution in [-0.4, -0.2) is 20.5 Å². The Labute approximate surface area is 105 Å². The van der Waals surface area contributed by atoms with Crippen molar-refractivity contribution in [3.63, 3.8) is 0 Å². The molecule has 1 aromatic carbocycles. The van der Waals surface area contributed by atoms with Crippen molar-refractivity contribution in [1.29, 1.82) is 0 Å². The van der Waals surface area contributed by atoms with Crippen molar-refractivity contribution in [1.82, 2.24) is 14.8 Å². The number of benzene rings is 1. The molecule has 0 radical (unpaired) electrons. The van der Waals surface area contributed by atoms with Crippen LogP contribution < -0.4 is 5.73 Å². The minimum absolute atomic E-state index is 0.728. The molecule has 0 bridgehead atoms. The van der Waals surface area contributed by atoms with Crippen LogP contribution in [0.15, 0.2) is 42.1 Å². The van der Waals surface area contributed by atoms with E-state index in [2.05, 4.69) is 16.8 Å². The highest BCUT2D eigenvalue weighted by Gasteiger charge is 2.10. The summed E-state index contributed by atoms with van der Waals surface area (Å²) in [6.45, 7) is 3.69. The van der Waals surface area contributed by atoms with Gasteiger partial charge in [-0.15, -0.1) is 16.8 Å². The molecule has 4 nitrogen and oxygen atoms in total. The van der Waals surface area contributed by atoms with Gasteiger partial charge in [-0.25, -0.2) is 0 Å². The van der Waals surface area contributed by atoms with E-state index < -0.39 is 0 Å². The molecule has 1 heterocycles. The molecule has 0 atom stereocenters. The molecule has 2 aromatic rings. The lowest BCUT2D eigenvalue weighted by Gasteiger charge is -2.03. The van der Waals surface area contributed by atoms with Gasteiger partial charge in [0.1, 0.15) is 0 Å². The zero-order chi connectivity index (χ0) is 12.3. The predicted octanol–water partition coefficient (Wildman–Crippen LogP) is 2.34. The zero-order valence-corrected chi connectivity index (χ0v) is 10.4. The molecular weight excluding hydrogens is 232 g/mol. The van der Waals surface area contributed by atoms with Crippen molar-refractivity contribution in [2.45, 2.75) is 5.16 Å². The third-order valence-corrected chi connectivity index (χ3v) is 3.33. The highest BCUT2D eigenvalue weighted by Crippen LogP contribution is 2.23. The van der Waals surface area contributed by atoms with Gasteiger partial charge in [-0.1, -0.05) is 30.0 Å². The van der Waals surface area contributed by atoms with Crippen LogP contribution >= 0.6 is 11.8 Å². The quantitative estimate of drug-likeness (QED) is 0.511. The molecule has 0 unspecified atom stereocenters. The number of aromatic nitrogens is 3. The summed E-state index contributed by atoms with van der Waals surface area (Å²) in [5.74, 6) is 1.65. The van der Waals surface area contributed by atoms with Gasteiger partial charge in [0, 0.05) is 24.1 Å². The van der Waals surface area contributed by atoms with E-state index in [0.29, 0.717) is 0 Å². The number of thioether (sulfide) groups is 1. The fourth-order valence-electron chi connectivity index (χ4n) is 1.50. The number of nitrogens with two attached hydrogens (primary N) is 1. The summed E-state index contributed by atoms with van der Waals surface area (Å²) in [5.41, 5.74) is 7.46. The average Bonchev–Trinajstić information content (AvgIpc) is 2.68. The molecule has 2 rings (SSSR count). The number of hydrogen-bond acceptors (Lipinski definition) is 4. The summed E-state index contributed by atoms with van der Waals surface area (Å²) in [6, 6.07) is 7.64. The number of anilines is 1. The Morgan fingerprint density at radius 2 is 2.29 bits per heavy atom. The van der Waals surface area contributed by atoms with Gasteiger partial charge in [0.05, 0.1) is 0 Å². The molecule has 0 saturated carbocycles. The van der Waals surface area contributed by atoms with Gasteiger partial charge >= 0.3 is 0 Å². The first-order chi connectivity index (χ1) is 8.22. The molecule has 0 aliphatic heterocycles. The molecular formula is C12H14N4S. The smallest absolute Gasteiger partial charge is 0.191 e. The second-order valence-electron chi connectivity index (χ2n) is 3.59. The van der Waals surface area contributed by atoms with Gasteiger partial charge in [0.15, 0.2) is 11.0 Å². The molecule has 88 valence electrons. The lowest BCUT2D eigenvalue weighted by molar-refractivity contribution is 0.795. The van der Waals surface area contributed by atoms with Crippen LogP contribution in [0, 0.1) is 0 Å². The minimum Gasteiger partial charge on any atom is -0.399 e. The molecule has 2 N–H and O–H groups in total. The molecule has 0 aliphatic carbocycles. The van der Waals surface area contributed by atoms with E-state index in [4.69, 9.17) is 5.73 Å². The topological polar surface area (TPSA) is 56.7 Å². The minimum atomic E-state index is 0.728. The van der Waals surface area contributed by atoms with E-state index in [1.54, 1.807) is 11.8 Å². The Morgan fingerprint density at radius 3 is 3.00 bits per heavy atom. The second-order valence-corrected chi connectivity index (χ2v) is 4.58. The standard InChI is InChI=1S/C12H14N4S/c1-3-7-17-12-15-14-11(16(12)2)9-5-4-6-10(13)8-9/h3-6,8H,1,7,13H2,2H3. The lowest BCUT2D eigenvalue weighted by atomic mass is 10.2. The molecule has 0 amide bonds. The first-order valence-corrected chi connectivity index (χ1v) is 6.20. The lowest BCUT2D eigenvalue weighted by Crippen LogP contribution is -1.95. The fraction of sp³-hybridized carbons (Fsp3) is 0.167. The molecule has 0 fully saturated rings. The highest BCUT2D eigenvalue weighted by atomic mass is 32.2. The van der Waals surface area contributed by atoms with Crippen molar-refractivity contribution >= 4 is 17.4 Å².